The first kappa shape index (κ1) is 16.3. The average molecular weight is 340 g/mol. The molecule has 2 aromatic rings. The summed E-state index contributed by atoms with van der Waals surface area (Å²) in [5, 5.41) is 4.47. The Bertz CT molecular complexity index is 771. The molecule has 2 aliphatic rings. The molecule has 1 saturated heterocycles. The lowest BCUT2D eigenvalue weighted by molar-refractivity contribution is -0.134. The molecule has 6 heteroatoms. The maximum atomic E-state index is 12.1. The molecule has 1 atom stereocenters. The van der Waals surface area contributed by atoms with Gasteiger partial charge in [0, 0.05) is 32.5 Å². The summed E-state index contributed by atoms with van der Waals surface area (Å²) >= 11 is 0. The zero-order valence-corrected chi connectivity index (χ0v) is 14.6. The minimum absolute atomic E-state index is 0.205. The first-order valence-corrected chi connectivity index (χ1v) is 9.05. The van der Waals surface area contributed by atoms with E-state index in [0.29, 0.717) is 26.1 Å². The molecule has 0 radical (unpaired) electrons. The minimum atomic E-state index is 0.205. The van der Waals surface area contributed by atoms with Crippen LogP contribution >= 0.6 is 0 Å². The molecular formula is C19H24N4O2. The standard InChI is InChI=1S/C19H24N4O2/c1-25-10-9-22-12-16(6-8-18(22)24)19-20-13-21-23(19)17-7-5-14-3-2-4-15(14)11-17/h5,7,11,13,16H,2-4,6,8-10,12H2,1H3. The van der Waals surface area contributed by atoms with Crippen LogP contribution in [0.2, 0.25) is 0 Å². The molecule has 0 saturated carbocycles. The van der Waals surface area contributed by atoms with Gasteiger partial charge >= 0.3 is 0 Å². The molecule has 2 heterocycles. The van der Waals surface area contributed by atoms with Gasteiger partial charge in [0.1, 0.15) is 12.2 Å². The van der Waals surface area contributed by atoms with Crippen molar-refractivity contribution in [2.24, 2.45) is 0 Å². The molecule has 0 N–H and O–H groups in total. The van der Waals surface area contributed by atoms with Crippen LogP contribution in [0.5, 0.6) is 0 Å². The van der Waals surface area contributed by atoms with Crippen LogP contribution in [0, 0.1) is 0 Å². The lowest BCUT2D eigenvalue weighted by atomic mass is 9.96. The van der Waals surface area contributed by atoms with Crippen LogP contribution in [0.3, 0.4) is 0 Å². The summed E-state index contributed by atoms with van der Waals surface area (Å²) < 4.78 is 7.08. The highest BCUT2D eigenvalue weighted by atomic mass is 16.5. The number of carbonyl (C=O) groups is 1. The number of piperidine rings is 1. The van der Waals surface area contributed by atoms with Gasteiger partial charge in [-0.25, -0.2) is 9.67 Å². The average Bonchev–Trinajstić information content (AvgIpc) is 3.29. The topological polar surface area (TPSA) is 60.2 Å². The number of rotatable bonds is 5. The summed E-state index contributed by atoms with van der Waals surface area (Å²) in [4.78, 5) is 18.5. The SMILES string of the molecule is COCCN1CC(c2ncnn2-c2ccc3c(c2)CCC3)CCC1=O. The van der Waals surface area contributed by atoms with Crippen molar-refractivity contribution in [3.8, 4) is 5.69 Å². The molecule has 1 aliphatic carbocycles. The van der Waals surface area contributed by atoms with Crippen LogP contribution in [-0.4, -0.2) is 52.4 Å². The Kier molecular flexibility index (Phi) is 4.53. The third-order valence-electron chi connectivity index (χ3n) is 5.33. The van der Waals surface area contributed by atoms with Gasteiger partial charge in [-0.15, -0.1) is 0 Å². The Morgan fingerprint density at radius 1 is 1.24 bits per heavy atom. The summed E-state index contributed by atoms with van der Waals surface area (Å²) in [5.74, 6) is 1.37. The van der Waals surface area contributed by atoms with E-state index in [-0.39, 0.29) is 11.8 Å². The zero-order chi connectivity index (χ0) is 17.2. The summed E-state index contributed by atoms with van der Waals surface area (Å²) in [6, 6.07) is 6.61. The molecule has 4 rings (SSSR count). The number of benzene rings is 1. The first-order chi connectivity index (χ1) is 12.3. The number of amides is 1. The van der Waals surface area contributed by atoms with E-state index >= 15 is 0 Å². The Labute approximate surface area is 147 Å². The number of methoxy groups -OCH3 is 1. The third-order valence-corrected chi connectivity index (χ3v) is 5.33. The summed E-state index contributed by atoms with van der Waals surface area (Å²) in [7, 11) is 1.66. The van der Waals surface area contributed by atoms with Crippen LogP contribution in [0.15, 0.2) is 24.5 Å². The van der Waals surface area contributed by atoms with Gasteiger partial charge in [-0.1, -0.05) is 6.07 Å². The first-order valence-electron chi connectivity index (χ1n) is 9.05. The lowest BCUT2D eigenvalue weighted by Gasteiger charge is -2.32. The molecule has 1 aromatic carbocycles. The number of nitrogens with zero attached hydrogens (tertiary/aromatic N) is 4. The second-order valence-corrected chi connectivity index (χ2v) is 6.90. The van der Waals surface area contributed by atoms with Gasteiger partial charge in [0.2, 0.25) is 5.91 Å². The van der Waals surface area contributed by atoms with Crippen molar-refractivity contribution in [1.82, 2.24) is 19.7 Å². The molecule has 1 aliphatic heterocycles. The molecule has 1 unspecified atom stereocenters. The highest BCUT2D eigenvalue weighted by Gasteiger charge is 2.29. The van der Waals surface area contributed by atoms with Crippen molar-refractivity contribution in [2.45, 2.75) is 38.0 Å². The van der Waals surface area contributed by atoms with E-state index in [1.165, 1.54) is 24.0 Å². The predicted molar refractivity (Wildman–Crippen MR) is 93.8 cm³/mol. The van der Waals surface area contributed by atoms with Crippen molar-refractivity contribution in [3.05, 3.63) is 41.5 Å². The number of hydrogen-bond donors (Lipinski definition) is 0. The third kappa shape index (κ3) is 3.18. The maximum absolute atomic E-state index is 12.1. The molecule has 1 fully saturated rings. The maximum Gasteiger partial charge on any atom is 0.222 e. The fraction of sp³-hybridized carbons (Fsp3) is 0.526. The summed E-state index contributed by atoms with van der Waals surface area (Å²) in [5.41, 5.74) is 3.97. The van der Waals surface area contributed by atoms with Crippen molar-refractivity contribution in [1.29, 1.82) is 0 Å². The Balaban J connectivity index is 1.58. The summed E-state index contributed by atoms with van der Waals surface area (Å²) in [6.45, 7) is 1.89. The molecule has 0 bridgehead atoms. The van der Waals surface area contributed by atoms with E-state index in [9.17, 15) is 4.79 Å². The number of likely N-dealkylation sites (tertiary alicyclic amines) is 1. The monoisotopic (exact) mass is 340 g/mol. The van der Waals surface area contributed by atoms with Crippen molar-refractivity contribution in [3.63, 3.8) is 0 Å². The van der Waals surface area contributed by atoms with Crippen LogP contribution < -0.4 is 0 Å². The van der Waals surface area contributed by atoms with Gasteiger partial charge in [-0.05, 0) is 48.9 Å². The number of fused-ring (bicyclic) bond motifs is 1. The zero-order valence-electron chi connectivity index (χ0n) is 14.6. The normalized spacial score (nSPS) is 20.1. The van der Waals surface area contributed by atoms with Crippen molar-refractivity contribution >= 4 is 5.91 Å². The largest absolute Gasteiger partial charge is 0.383 e. The highest BCUT2D eigenvalue weighted by Crippen LogP contribution is 2.29. The van der Waals surface area contributed by atoms with Gasteiger partial charge in [-0.2, -0.15) is 5.10 Å². The van der Waals surface area contributed by atoms with E-state index < -0.39 is 0 Å². The Morgan fingerprint density at radius 3 is 3.00 bits per heavy atom. The van der Waals surface area contributed by atoms with E-state index in [4.69, 9.17) is 4.74 Å². The second-order valence-electron chi connectivity index (χ2n) is 6.90. The molecular weight excluding hydrogens is 316 g/mol. The molecule has 0 spiro atoms. The van der Waals surface area contributed by atoms with E-state index in [0.717, 1.165) is 24.4 Å². The molecule has 6 nitrogen and oxygen atoms in total. The number of carbonyl (C=O) groups excluding carboxylic acids is 1. The van der Waals surface area contributed by atoms with Crippen LogP contribution in [-0.2, 0) is 22.4 Å². The van der Waals surface area contributed by atoms with Crippen LogP contribution in [0.4, 0.5) is 0 Å². The van der Waals surface area contributed by atoms with E-state index in [1.807, 2.05) is 9.58 Å². The number of aromatic nitrogens is 3. The lowest BCUT2D eigenvalue weighted by Crippen LogP contribution is -2.41. The van der Waals surface area contributed by atoms with E-state index in [2.05, 4.69) is 28.3 Å². The molecule has 1 amide bonds. The fourth-order valence-corrected chi connectivity index (χ4v) is 3.96. The van der Waals surface area contributed by atoms with Gasteiger partial charge in [0.05, 0.1) is 12.3 Å². The number of hydrogen-bond acceptors (Lipinski definition) is 4. The van der Waals surface area contributed by atoms with Gasteiger partial charge < -0.3 is 9.64 Å². The Morgan fingerprint density at radius 2 is 2.12 bits per heavy atom. The summed E-state index contributed by atoms with van der Waals surface area (Å²) in [6.07, 6.45) is 6.58. The molecule has 132 valence electrons. The van der Waals surface area contributed by atoms with Gasteiger partial charge in [0.25, 0.3) is 0 Å². The smallest absolute Gasteiger partial charge is 0.222 e. The predicted octanol–water partition coefficient (Wildman–Crippen LogP) is 2.11. The second kappa shape index (κ2) is 6.96. The quantitative estimate of drug-likeness (QED) is 0.836. The highest BCUT2D eigenvalue weighted by molar-refractivity contribution is 5.77. The number of ether oxygens (including phenoxy) is 1. The van der Waals surface area contributed by atoms with E-state index in [1.54, 1.807) is 13.4 Å². The minimum Gasteiger partial charge on any atom is -0.383 e. The molecule has 1 aromatic heterocycles. The molecule has 25 heavy (non-hydrogen) atoms. The van der Waals surface area contributed by atoms with Gasteiger partial charge in [-0.3, -0.25) is 4.79 Å². The van der Waals surface area contributed by atoms with Crippen molar-refractivity contribution < 1.29 is 9.53 Å². The van der Waals surface area contributed by atoms with Crippen molar-refractivity contribution in [2.75, 3.05) is 26.8 Å². The van der Waals surface area contributed by atoms with Crippen LogP contribution in [0.25, 0.3) is 5.69 Å². The fourth-order valence-electron chi connectivity index (χ4n) is 3.96. The van der Waals surface area contributed by atoms with Gasteiger partial charge in [0.15, 0.2) is 0 Å². The number of aryl methyl sites for hydroxylation is 2. The van der Waals surface area contributed by atoms with Crippen LogP contribution in [0.1, 0.15) is 42.1 Å². The Hall–Kier alpha value is -2.21.